The highest BCUT2D eigenvalue weighted by molar-refractivity contribution is 5.78. The number of nitrogens with zero attached hydrogens (tertiary/aromatic N) is 1. The molecular weight excluding hydrogens is 329 g/mol. The maximum Gasteiger partial charge on any atom is 0.416 e. The van der Waals surface area contributed by atoms with Crippen molar-refractivity contribution < 1.29 is 18.0 Å². The summed E-state index contributed by atoms with van der Waals surface area (Å²) >= 11 is 0. The monoisotopic (exact) mass is 348 g/mol. The van der Waals surface area contributed by atoms with Crippen LogP contribution in [0.25, 0.3) is 11.1 Å². The van der Waals surface area contributed by atoms with Crippen molar-refractivity contribution in [3.8, 4) is 11.1 Å². The number of carbonyl (C=O) groups is 1. The van der Waals surface area contributed by atoms with E-state index in [9.17, 15) is 18.0 Å². The molecule has 2 unspecified atom stereocenters. The van der Waals surface area contributed by atoms with Crippen molar-refractivity contribution in [3.63, 3.8) is 0 Å². The van der Waals surface area contributed by atoms with Crippen molar-refractivity contribution in [3.05, 3.63) is 53.3 Å². The second-order valence-electron chi connectivity index (χ2n) is 6.52. The van der Waals surface area contributed by atoms with E-state index in [0.717, 1.165) is 48.1 Å². The molecule has 0 bridgehead atoms. The zero-order valence-corrected chi connectivity index (χ0v) is 13.8. The lowest BCUT2D eigenvalue weighted by Crippen LogP contribution is -2.28. The molecule has 2 aromatic rings. The van der Waals surface area contributed by atoms with Gasteiger partial charge in [-0.25, -0.2) is 0 Å². The van der Waals surface area contributed by atoms with Crippen LogP contribution in [0.5, 0.6) is 0 Å². The minimum atomic E-state index is -4.35. The van der Waals surface area contributed by atoms with Crippen LogP contribution in [-0.4, -0.2) is 10.9 Å². The first-order valence-electron chi connectivity index (χ1n) is 8.22. The summed E-state index contributed by atoms with van der Waals surface area (Å²) < 4.78 is 38.3. The summed E-state index contributed by atoms with van der Waals surface area (Å²) in [4.78, 5) is 15.9. The Morgan fingerprint density at radius 2 is 1.92 bits per heavy atom. The average Bonchev–Trinajstić information content (AvgIpc) is 2.59. The Kier molecular flexibility index (Phi) is 4.54. The number of carbonyl (C=O) groups excluding carboxylic acids is 1. The molecule has 132 valence electrons. The summed E-state index contributed by atoms with van der Waals surface area (Å²) in [6.07, 6.45) is 1.66. The minimum absolute atomic E-state index is 0.00292. The number of nitrogens with two attached hydrogens (primary N) is 1. The van der Waals surface area contributed by atoms with E-state index in [1.54, 1.807) is 12.4 Å². The Labute approximate surface area is 144 Å². The Hall–Kier alpha value is -2.37. The van der Waals surface area contributed by atoms with Crippen molar-refractivity contribution in [2.75, 3.05) is 0 Å². The van der Waals surface area contributed by atoms with Crippen molar-refractivity contribution in [2.45, 2.75) is 38.3 Å². The van der Waals surface area contributed by atoms with Crippen molar-refractivity contribution in [2.24, 2.45) is 11.7 Å². The Bertz CT molecular complexity index is 784. The third-order valence-electron chi connectivity index (χ3n) is 5.01. The molecule has 1 aliphatic rings. The summed E-state index contributed by atoms with van der Waals surface area (Å²) in [5, 5.41) is 0. The summed E-state index contributed by atoms with van der Waals surface area (Å²) in [5.41, 5.74) is 8.35. The van der Waals surface area contributed by atoms with Gasteiger partial charge < -0.3 is 5.73 Å². The molecule has 2 N–H and O–H groups in total. The van der Waals surface area contributed by atoms with Gasteiger partial charge in [-0.2, -0.15) is 13.2 Å². The van der Waals surface area contributed by atoms with E-state index in [1.807, 2.05) is 6.92 Å². The highest BCUT2D eigenvalue weighted by atomic mass is 19.4. The van der Waals surface area contributed by atoms with Crippen LogP contribution in [0, 0.1) is 5.92 Å². The van der Waals surface area contributed by atoms with Crippen LogP contribution >= 0.6 is 0 Å². The number of fused-ring (bicyclic) bond motifs is 1. The second-order valence-corrected chi connectivity index (χ2v) is 6.52. The Balaban J connectivity index is 2.02. The number of alkyl halides is 3. The molecule has 1 heterocycles. The van der Waals surface area contributed by atoms with Crippen LogP contribution in [0.15, 0.2) is 36.7 Å². The van der Waals surface area contributed by atoms with Crippen molar-refractivity contribution in [1.29, 1.82) is 0 Å². The number of amides is 1. The summed E-state index contributed by atoms with van der Waals surface area (Å²) in [7, 11) is 0. The van der Waals surface area contributed by atoms with Gasteiger partial charge in [-0.3, -0.25) is 9.78 Å². The zero-order valence-electron chi connectivity index (χ0n) is 13.8. The summed E-state index contributed by atoms with van der Waals surface area (Å²) in [5.74, 6) is -0.648. The van der Waals surface area contributed by atoms with Gasteiger partial charge in [0, 0.05) is 23.9 Å². The Morgan fingerprint density at radius 3 is 2.52 bits per heavy atom. The van der Waals surface area contributed by atoms with Gasteiger partial charge >= 0.3 is 6.18 Å². The van der Waals surface area contributed by atoms with Crippen LogP contribution < -0.4 is 5.73 Å². The first-order chi connectivity index (χ1) is 11.8. The van der Waals surface area contributed by atoms with Gasteiger partial charge in [0.25, 0.3) is 0 Å². The molecule has 3 nitrogen and oxygen atoms in total. The number of halogens is 3. The molecule has 0 aliphatic heterocycles. The fourth-order valence-electron chi connectivity index (χ4n) is 3.56. The summed E-state index contributed by atoms with van der Waals surface area (Å²) in [6.45, 7) is 1.81. The molecule has 25 heavy (non-hydrogen) atoms. The molecule has 0 fully saturated rings. The number of rotatable bonds is 3. The molecule has 0 spiro atoms. The molecule has 1 amide bonds. The van der Waals surface area contributed by atoms with E-state index in [0.29, 0.717) is 5.56 Å². The molecule has 0 saturated carbocycles. The standard InChI is InChI=1S/C19H19F3N2O/c1-11(18(23)25)14-3-2-4-15-16(9-24-10-17(14)15)12-5-7-13(8-6-12)19(20,21)22/h5-11,14H,2-4H2,1H3,(H2,23,25). The SMILES string of the molecule is CC(C(N)=O)C1CCCc2c(-c3ccc(C(F)(F)F)cc3)cncc21. The van der Waals surface area contributed by atoms with E-state index >= 15 is 0 Å². The predicted octanol–water partition coefficient (Wildman–Crippen LogP) is 4.31. The third-order valence-corrected chi connectivity index (χ3v) is 5.01. The van der Waals surface area contributed by atoms with Crippen molar-refractivity contribution >= 4 is 5.91 Å². The summed E-state index contributed by atoms with van der Waals surface area (Å²) in [6, 6.07) is 5.12. The van der Waals surface area contributed by atoms with Crippen LogP contribution in [0.3, 0.4) is 0 Å². The van der Waals surface area contributed by atoms with E-state index < -0.39 is 11.7 Å². The first-order valence-corrected chi connectivity index (χ1v) is 8.22. The predicted molar refractivity (Wildman–Crippen MR) is 88.7 cm³/mol. The molecule has 1 aromatic carbocycles. The van der Waals surface area contributed by atoms with Gasteiger partial charge in [0.05, 0.1) is 5.56 Å². The van der Waals surface area contributed by atoms with Gasteiger partial charge in [-0.05, 0) is 54.0 Å². The fourth-order valence-corrected chi connectivity index (χ4v) is 3.56. The molecule has 1 aliphatic carbocycles. The van der Waals surface area contributed by atoms with Crippen molar-refractivity contribution in [1.82, 2.24) is 4.98 Å². The van der Waals surface area contributed by atoms with E-state index in [2.05, 4.69) is 4.98 Å². The topological polar surface area (TPSA) is 56.0 Å². The molecule has 1 aromatic heterocycles. The lowest BCUT2D eigenvalue weighted by molar-refractivity contribution is -0.137. The lowest BCUT2D eigenvalue weighted by Gasteiger charge is -2.30. The van der Waals surface area contributed by atoms with Gasteiger partial charge in [0.1, 0.15) is 0 Å². The maximum atomic E-state index is 12.8. The largest absolute Gasteiger partial charge is 0.416 e. The number of hydrogen-bond donors (Lipinski definition) is 1. The molecule has 2 atom stereocenters. The van der Waals surface area contributed by atoms with Crippen LogP contribution in [-0.2, 0) is 17.4 Å². The van der Waals surface area contributed by atoms with E-state index in [-0.39, 0.29) is 17.7 Å². The van der Waals surface area contributed by atoms with Gasteiger partial charge in [0.2, 0.25) is 5.91 Å². The van der Waals surface area contributed by atoms with Crippen LogP contribution in [0.1, 0.15) is 42.4 Å². The van der Waals surface area contributed by atoms with Gasteiger partial charge in [-0.1, -0.05) is 19.1 Å². The molecule has 3 rings (SSSR count). The average molecular weight is 348 g/mol. The van der Waals surface area contributed by atoms with Gasteiger partial charge in [-0.15, -0.1) is 0 Å². The number of hydrogen-bond acceptors (Lipinski definition) is 2. The second kappa shape index (κ2) is 6.50. The number of aromatic nitrogens is 1. The first kappa shape index (κ1) is 17.5. The van der Waals surface area contributed by atoms with Crippen LogP contribution in [0.2, 0.25) is 0 Å². The Morgan fingerprint density at radius 1 is 1.24 bits per heavy atom. The fraction of sp³-hybridized carbons (Fsp3) is 0.368. The zero-order chi connectivity index (χ0) is 18.2. The highest BCUT2D eigenvalue weighted by Gasteiger charge is 2.31. The number of pyridine rings is 1. The lowest BCUT2D eigenvalue weighted by atomic mass is 9.75. The highest BCUT2D eigenvalue weighted by Crippen LogP contribution is 2.40. The third kappa shape index (κ3) is 3.38. The van der Waals surface area contributed by atoms with E-state index in [4.69, 9.17) is 5.73 Å². The molecule has 6 heteroatoms. The smallest absolute Gasteiger partial charge is 0.369 e. The van der Waals surface area contributed by atoms with Gasteiger partial charge in [0.15, 0.2) is 0 Å². The number of benzene rings is 1. The molecule has 0 saturated heterocycles. The molecular formula is C19H19F3N2O. The molecule has 0 radical (unpaired) electrons. The normalized spacial score (nSPS) is 18.5. The number of primary amides is 1. The minimum Gasteiger partial charge on any atom is -0.369 e. The quantitative estimate of drug-likeness (QED) is 0.899. The maximum absolute atomic E-state index is 12.8. The van der Waals surface area contributed by atoms with Crippen LogP contribution in [0.4, 0.5) is 13.2 Å². The van der Waals surface area contributed by atoms with E-state index in [1.165, 1.54) is 12.1 Å².